The lowest BCUT2D eigenvalue weighted by Crippen LogP contribution is -2.41. The minimum atomic E-state index is -0.977. The minimum Gasteiger partial charge on any atom is -0.389 e. The lowest BCUT2D eigenvalue weighted by Gasteiger charge is -2.25. The van der Waals surface area contributed by atoms with Crippen LogP contribution in [0.4, 0.5) is 15.0 Å². The molecule has 124 valence electrons. The van der Waals surface area contributed by atoms with Crippen molar-refractivity contribution in [1.29, 1.82) is 0 Å². The fraction of sp³-hybridized carbons (Fsp3) is 0.375. The van der Waals surface area contributed by atoms with Crippen molar-refractivity contribution < 1.29 is 14.3 Å². The van der Waals surface area contributed by atoms with Crippen LogP contribution < -0.4 is 5.32 Å². The summed E-state index contributed by atoms with van der Waals surface area (Å²) < 4.78 is 14.6. The highest BCUT2D eigenvalue weighted by Gasteiger charge is 2.20. The minimum absolute atomic E-state index is 0.191. The predicted octanol–water partition coefficient (Wildman–Crippen LogP) is 2.55. The Balaban J connectivity index is 2.12. The number of nitrogens with zero attached hydrogens (tertiary/aromatic N) is 3. The fourth-order valence-corrected chi connectivity index (χ4v) is 2.24. The van der Waals surface area contributed by atoms with Crippen molar-refractivity contribution in [3.8, 4) is 5.69 Å². The SMILES string of the molecule is Cc1cc(NC(=O)N(C)CC(C)(C)O)nn1-c1ccc(F)cc1. The lowest BCUT2D eigenvalue weighted by atomic mass is 10.1. The summed E-state index contributed by atoms with van der Waals surface area (Å²) in [6.07, 6.45) is 0. The van der Waals surface area contributed by atoms with E-state index in [0.29, 0.717) is 11.5 Å². The van der Waals surface area contributed by atoms with Gasteiger partial charge in [0.1, 0.15) is 5.82 Å². The molecule has 6 nitrogen and oxygen atoms in total. The molecule has 0 atom stereocenters. The number of aryl methyl sites for hydroxylation is 1. The maximum absolute atomic E-state index is 13.0. The van der Waals surface area contributed by atoms with E-state index < -0.39 is 5.60 Å². The molecule has 0 saturated heterocycles. The van der Waals surface area contributed by atoms with E-state index in [2.05, 4.69) is 10.4 Å². The quantitative estimate of drug-likeness (QED) is 0.909. The number of carbonyl (C=O) groups is 1. The molecule has 0 bridgehead atoms. The number of urea groups is 1. The molecule has 2 aromatic rings. The van der Waals surface area contributed by atoms with Crippen LogP contribution in [0.3, 0.4) is 0 Å². The van der Waals surface area contributed by atoms with Crippen LogP contribution >= 0.6 is 0 Å². The second kappa shape index (κ2) is 6.37. The van der Waals surface area contributed by atoms with Crippen molar-refractivity contribution in [3.63, 3.8) is 0 Å². The first-order valence-corrected chi connectivity index (χ1v) is 7.23. The van der Waals surface area contributed by atoms with Crippen molar-refractivity contribution in [2.75, 3.05) is 18.9 Å². The highest BCUT2D eigenvalue weighted by molar-refractivity contribution is 5.88. The molecule has 0 aliphatic rings. The monoisotopic (exact) mass is 320 g/mol. The van der Waals surface area contributed by atoms with Gasteiger partial charge in [0.15, 0.2) is 5.82 Å². The van der Waals surface area contributed by atoms with Gasteiger partial charge in [0.25, 0.3) is 0 Å². The van der Waals surface area contributed by atoms with E-state index in [1.807, 2.05) is 6.92 Å². The molecule has 0 saturated carbocycles. The zero-order valence-electron chi connectivity index (χ0n) is 13.7. The van der Waals surface area contributed by atoms with Gasteiger partial charge in [0.2, 0.25) is 0 Å². The molecule has 2 N–H and O–H groups in total. The van der Waals surface area contributed by atoms with E-state index in [1.54, 1.807) is 43.8 Å². The first kappa shape index (κ1) is 17.0. The second-order valence-corrected chi connectivity index (χ2v) is 6.16. The van der Waals surface area contributed by atoms with Crippen LogP contribution in [0.25, 0.3) is 5.69 Å². The van der Waals surface area contributed by atoms with Gasteiger partial charge in [-0.3, -0.25) is 5.32 Å². The molecular formula is C16H21FN4O2. The molecule has 1 heterocycles. The standard InChI is InChI=1S/C16H21FN4O2/c1-11-9-14(18-15(22)20(4)10-16(2,3)23)19-21(11)13-7-5-12(17)6-8-13/h5-9,23H,10H2,1-4H3,(H,18,19,22). The van der Waals surface area contributed by atoms with Crippen LogP contribution in [0, 0.1) is 12.7 Å². The van der Waals surface area contributed by atoms with Gasteiger partial charge in [-0.2, -0.15) is 0 Å². The number of hydrogen-bond donors (Lipinski definition) is 2. The topological polar surface area (TPSA) is 70.4 Å². The van der Waals surface area contributed by atoms with E-state index in [0.717, 1.165) is 5.69 Å². The van der Waals surface area contributed by atoms with Crippen LogP contribution in [0.15, 0.2) is 30.3 Å². The molecule has 0 radical (unpaired) electrons. The Morgan fingerprint density at radius 3 is 2.57 bits per heavy atom. The highest BCUT2D eigenvalue weighted by atomic mass is 19.1. The lowest BCUT2D eigenvalue weighted by molar-refractivity contribution is 0.0550. The number of carbonyl (C=O) groups excluding carboxylic acids is 1. The maximum atomic E-state index is 13.0. The molecule has 0 unspecified atom stereocenters. The summed E-state index contributed by atoms with van der Waals surface area (Å²) in [4.78, 5) is 13.5. The number of nitrogens with one attached hydrogen (secondary N) is 1. The summed E-state index contributed by atoms with van der Waals surface area (Å²) in [7, 11) is 1.59. The average molecular weight is 320 g/mol. The summed E-state index contributed by atoms with van der Waals surface area (Å²) in [6.45, 7) is 5.29. The van der Waals surface area contributed by atoms with Crippen molar-refractivity contribution >= 4 is 11.8 Å². The highest BCUT2D eigenvalue weighted by Crippen LogP contribution is 2.16. The average Bonchev–Trinajstić information content (AvgIpc) is 2.78. The molecule has 2 amide bonds. The third-order valence-electron chi connectivity index (χ3n) is 3.16. The van der Waals surface area contributed by atoms with Gasteiger partial charge in [-0.25, -0.2) is 13.9 Å². The van der Waals surface area contributed by atoms with Crippen LogP contribution in [-0.2, 0) is 0 Å². The van der Waals surface area contributed by atoms with Gasteiger partial charge >= 0.3 is 6.03 Å². The molecule has 0 aliphatic heterocycles. The Kier molecular flexibility index (Phi) is 4.70. The molecule has 1 aromatic carbocycles. The Bertz CT molecular complexity index is 689. The molecule has 0 fully saturated rings. The smallest absolute Gasteiger partial charge is 0.322 e. The molecule has 0 spiro atoms. The normalized spacial score (nSPS) is 11.4. The number of benzene rings is 1. The van der Waals surface area contributed by atoms with E-state index in [9.17, 15) is 14.3 Å². The molecule has 23 heavy (non-hydrogen) atoms. The Morgan fingerprint density at radius 1 is 1.39 bits per heavy atom. The van der Waals surface area contributed by atoms with Crippen molar-refractivity contribution in [2.45, 2.75) is 26.4 Å². The van der Waals surface area contributed by atoms with Crippen molar-refractivity contribution in [3.05, 3.63) is 41.8 Å². The number of halogens is 1. The largest absolute Gasteiger partial charge is 0.389 e. The molecule has 0 aliphatic carbocycles. The van der Waals surface area contributed by atoms with E-state index >= 15 is 0 Å². The number of anilines is 1. The van der Waals surface area contributed by atoms with Crippen LogP contribution in [-0.4, -0.2) is 45.0 Å². The Hall–Kier alpha value is -2.41. The van der Waals surface area contributed by atoms with Gasteiger partial charge in [-0.05, 0) is 45.0 Å². The number of aliphatic hydroxyl groups is 1. The molecule has 7 heteroatoms. The van der Waals surface area contributed by atoms with E-state index in [4.69, 9.17) is 0 Å². The summed E-state index contributed by atoms with van der Waals surface area (Å²) in [5.74, 6) is 0.0692. The van der Waals surface area contributed by atoms with E-state index in [1.165, 1.54) is 17.0 Å². The van der Waals surface area contributed by atoms with E-state index in [-0.39, 0.29) is 18.4 Å². The number of likely N-dealkylation sites (N-methyl/N-ethyl adjacent to an activating group) is 1. The van der Waals surface area contributed by atoms with Crippen LogP contribution in [0.2, 0.25) is 0 Å². The maximum Gasteiger partial charge on any atom is 0.322 e. The number of hydrogen-bond acceptors (Lipinski definition) is 3. The summed E-state index contributed by atoms with van der Waals surface area (Å²) in [5.41, 5.74) is 0.529. The number of rotatable bonds is 4. The Morgan fingerprint density at radius 2 is 2.00 bits per heavy atom. The summed E-state index contributed by atoms with van der Waals surface area (Å²) >= 11 is 0. The first-order valence-electron chi connectivity index (χ1n) is 7.23. The van der Waals surface area contributed by atoms with Crippen LogP contribution in [0.1, 0.15) is 19.5 Å². The first-order chi connectivity index (χ1) is 10.7. The van der Waals surface area contributed by atoms with Gasteiger partial charge in [-0.15, -0.1) is 5.10 Å². The molecule has 1 aromatic heterocycles. The van der Waals surface area contributed by atoms with Crippen molar-refractivity contribution in [1.82, 2.24) is 14.7 Å². The number of amides is 2. The van der Waals surface area contributed by atoms with Crippen LogP contribution in [0.5, 0.6) is 0 Å². The molecule has 2 rings (SSSR count). The Labute approximate surface area is 134 Å². The van der Waals surface area contributed by atoms with Gasteiger partial charge in [0.05, 0.1) is 17.8 Å². The second-order valence-electron chi connectivity index (χ2n) is 6.16. The summed E-state index contributed by atoms with van der Waals surface area (Å²) in [6, 6.07) is 7.29. The van der Waals surface area contributed by atoms with Gasteiger partial charge in [-0.1, -0.05) is 0 Å². The third-order valence-corrected chi connectivity index (χ3v) is 3.16. The number of aromatic nitrogens is 2. The zero-order chi connectivity index (χ0) is 17.2. The third kappa shape index (κ3) is 4.53. The van der Waals surface area contributed by atoms with Gasteiger partial charge < -0.3 is 10.0 Å². The predicted molar refractivity (Wildman–Crippen MR) is 86.2 cm³/mol. The van der Waals surface area contributed by atoms with Crippen molar-refractivity contribution in [2.24, 2.45) is 0 Å². The fourth-order valence-electron chi connectivity index (χ4n) is 2.24. The van der Waals surface area contributed by atoms with Gasteiger partial charge in [0, 0.05) is 18.8 Å². The summed E-state index contributed by atoms with van der Waals surface area (Å²) in [5, 5.41) is 16.7. The molecular weight excluding hydrogens is 299 g/mol. The zero-order valence-corrected chi connectivity index (χ0v) is 13.7.